The average Bonchev–Trinajstić information content (AvgIpc) is 2.13. The summed E-state index contributed by atoms with van der Waals surface area (Å²) in [5, 5.41) is 2.96. The van der Waals surface area contributed by atoms with Gasteiger partial charge >= 0.3 is 0 Å². The van der Waals surface area contributed by atoms with Gasteiger partial charge in [-0.3, -0.25) is 0 Å². The third-order valence-corrected chi connectivity index (χ3v) is 2.59. The number of benzene rings is 1. The van der Waals surface area contributed by atoms with Crippen molar-refractivity contribution in [3.05, 3.63) is 35.9 Å². The van der Waals surface area contributed by atoms with Crippen LogP contribution in [0.3, 0.4) is 0 Å². The number of alkyl halides is 1. The van der Waals surface area contributed by atoms with E-state index in [1.807, 2.05) is 18.2 Å². The van der Waals surface area contributed by atoms with Gasteiger partial charge in [-0.2, -0.15) is 0 Å². The van der Waals surface area contributed by atoms with E-state index in [0.29, 0.717) is 19.5 Å². The van der Waals surface area contributed by atoms with Crippen molar-refractivity contribution in [1.29, 1.82) is 0 Å². The Morgan fingerprint density at radius 1 is 1.21 bits per heavy atom. The monoisotopic (exact) mass is 215 g/mol. The van der Waals surface area contributed by atoms with Gasteiger partial charge in [0.2, 0.25) is 0 Å². The van der Waals surface area contributed by atoms with Crippen LogP contribution in [0.4, 0.5) is 4.39 Å². The van der Waals surface area contributed by atoms with Crippen LogP contribution < -0.4 is 5.32 Å². The van der Waals surface area contributed by atoms with Crippen LogP contribution in [0.25, 0.3) is 0 Å². The van der Waals surface area contributed by atoms with Gasteiger partial charge in [-0.15, -0.1) is 12.4 Å². The molecule has 0 atom stereocenters. The third-order valence-electron chi connectivity index (χ3n) is 2.59. The van der Waals surface area contributed by atoms with E-state index in [2.05, 4.69) is 17.4 Å². The zero-order valence-corrected chi connectivity index (χ0v) is 8.82. The fraction of sp³-hybridized carbons (Fsp3) is 0.455. The van der Waals surface area contributed by atoms with E-state index in [1.54, 1.807) is 0 Å². The normalized spacial score (nSPS) is 18.1. The highest BCUT2D eigenvalue weighted by atomic mass is 35.5. The topological polar surface area (TPSA) is 12.0 Å². The second-order valence-corrected chi connectivity index (χ2v) is 3.74. The molecule has 0 spiro atoms. The molecule has 0 unspecified atom stereocenters. The summed E-state index contributed by atoms with van der Waals surface area (Å²) in [5.41, 5.74) is 0.293. The van der Waals surface area contributed by atoms with Crippen molar-refractivity contribution in [3.8, 4) is 0 Å². The van der Waals surface area contributed by atoms with Crippen LogP contribution in [0.15, 0.2) is 30.3 Å². The first-order valence-electron chi connectivity index (χ1n) is 4.72. The Morgan fingerprint density at radius 2 is 1.86 bits per heavy atom. The van der Waals surface area contributed by atoms with Crippen molar-refractivity contribution in [1.82, 2.24) is 5.32 Å². The number of rotatable bonds is 3. The Morgan fingerprint density at radius 3 is 2.36 bits per heavy atom. The summed E-state index contributed by atoms with van der Waals surface area (Å²) in [6.45, 7) is 1.06. The van der Waals surface area contributed by atoms with Crippen LogP contribution in [0.5, 0.6) is 0 Å². The second kappa shape index (κ2) is 4.76. The van der Waals surface area contributed by atoms with Gasteiger partial charge in [0, 0.05) is 13.1 Å². The van der Waals surface area contributed by atoms with Gasteiger partial charge < -0.3 is 5.32 Å². The quantitative estimate of drug-likeness (QED) is 0.817. The summed E-state index contributed by atoms with van der Waals surface area (Å²) in [6, 6.07) is 10.1. The lowest BCUT2D eigenvalue weighted by atomic mass is 9.91. The minimum absolute atomic E-state index is 0. The molecule has 1 heterocycles. The highest BCUT2D eigenvalue weighted by molar-refractivity contribution is 5.85. The first-order chi connectivity index (χ1) is 6.29. The Bertz CT molecular complexity index is 272. The van der Waals surface area contributed by atoms with E-state index in [4.69, 9.17) is 0 Å². The predicted molar refractivity (Wildman–Crippen MR) is 58.7 cm³/mol. The van der Waals surface area contributed by atoms with Crippen molar-refractivity contribution in [2.24, 2.45) is 0 Å². The molecule has 0 amide bonds. The fourth-order valence-corrected chi connectivity index (χ4v) is 1.59. The summed E-state index contributed by atoms with van der Waals surface area (Å²) < 4.78 is 13.5. The third kappa shape index (κ3) is 2.69. The van der Waals surface area contributed by atoms with E-state index in [-0.39, 0.29) is 12.4 Å². The SMILES string of the molecule is Cl.FC1(CCc2ccccc2)CNC1. The van der Waals surface area contributed by atoms with Crippen molar-refractivity contribution in [2.45, 2.75) is 18.5 Å². The van der Waals surface area contributed by atoms with Gasteiger partial charge in [-0.25, -0.2) is 4.39 Å². The lowest BCUT2D eigenvalue weighted by Crippen LogP contribution is -2.56. The molecule has 1 fully saturated rings. The highest BCUT2D eigenvalue weighted by Gasteiger charge is 2.35. The molecule has 1 aromatic rings. The fourth-order valence-electron chi connectivity index (χ4n) is 1.59. The molecule has 1 saturated heterocycles. The first-order valence-corrected chi connectivity index (χ1v) is 4.72. The van der Waals surface area contributed by atoms with Gasteiger partial charge in [0.15, 0.2) is 0 Å². The molecular weight excluding hydrogens is 201 g/mol. The lowest BCUT2D eigenvalue weighted by molar-refractivity contribution is 0.0809. The number of hydrogen-bond acceptors (Lipinski definition) is 1. The minimum Gasteiger partial charge on any atom is -0.310 e. The van der Waals surface area contributed by atoms with Crippen LogP contribution in [0.2, 0.25) is 0 Å². The maximum Gasteiger partial charge on any atom is 0.136 e. The maximum absolute atomic E-state index is 13.5. The molecule has 0 radical (unpaired) electrons. The number of aryl methyl sites for hydroxylation is 1. The lowest BCUT2D eigenvalue weighted by Gasteiger charge is -2.35. The van der Waals surface area contributed by atoms with Crippen LogP contribution >= 0.6 is 12.4 Å². The Hall–Kier alpha value is -0.600. The smallest absolute Gasteiger partial charge is 0.136 e. The molecule has 1 aliphatic rings. The van der Waals surface area contributed by atoms with E-state index in [9.17, 15) is 4.39 Å². The Labute approximate surface area is 90.1 Å². The first kappa shape index (κ1) is 11.5. The summed E-state index contributed by atoms with van der Waals surface area (Å²) in [6.07, 6.45) is 1.49. The number of hydrogen-bond donors (Lipinski definition) is 1. The molecule has 14 heavy (non-hydrogen) atoms. The van der Waals surface area contributed by atoms with Crippen LogP contribution in [-0.4, -0.2) is 18.8 Å². The molecule has 3 heteroatoms. The van der Waals surface area contributed by atoms with Gasteiger partial charge in [0.05, 0.1) is 0 Å². The van der Waals surface area contributed by atoms with Gasteiger partial charge in [0.1, 0.15) is 5.67 Å². The molecule has 1 N–H and O–H groups in total. The zero-order valence-electron chi connectivity index (χ0n) is 8.00. The standard InChI is InChI=1S/C11H14FN.ClH/c12-11(8-13-9-11)7-6-10-4-2-1-3-5-10;/h1-5,13H,6-9H2;1H. The molecule has 1 aromatic carbocycles. The summed E-state index contributed by atoms with van der Waals surface area (Å²) in [7, 11) is 0. The second-order valence-electron chi connectivity index (χ2n) is 3.74. The molecule has 0 aliphatic carbocycles. The molecule has 0 saturated carbocycles. The largest absolute Gasteiger partial charge is 0.310 e. The van der Waals surface area contributed by atoms with Gasteiger partial charge in [-0.05, 0) is 18.4 Å². The van der Waals surface area contributed by atoms with E-state index in [1.165, 1.54) is 5.56 Å². The molecule has 1 aliphatic heterocycles. The van der Waals surface area contributed by atoms with Gasteiger partial charge in [-0.1, -0.05) is 30.3 Å². The van der Waals surface area contributed by atoms with Crippen molar-refractivity contribution < 1.29 is 4.39 Å². The summed E-state index contributed by atoms with van der Waals surface area (Å²) in [4.78, 5) is 0. The van der Waals surface area contributed by atoms with E-state index in [0.717, 1.165) is 6.42 Å². The molecular formula is C11H15ClFN. The number of nitrogens with one attached hydrogen (secondary N) is 1. The van der Waals surface area contributed by atoms with Crippen molar-refractivity contribution >= 4 is 12.4 Å². The highest BCUT2D eigenvalue weighted by Crippen LogP contribution is 2.22. The van der Waals surface area contributed by atoms with Crippen LogP contribution in [0.1, 0.15) is 12.0 Å². The summed E-state index contributed by atoms with van der Waals surface area (Å²) in [5.74, 6) is 0. The zero-order chi connectivity index (χ0) is 9.15. The van der Waals surface area contributed by atoms with E-state index >= 15 is 0 Å². The number of halogens is 2. The molecule has 0 bridgehead atoms. The molecule has 1 nitrogen and oxygen atoms in total. The van der Waals surface area contributed by atoms with Crippen molar-refractivity contribution in [2.75, 3.05) is 13.1 Å². The Kier molecular flexibility index (Phi) is 3.90. The molecule has 78 valence electrons. The maximum atomic E-state index is 13.5. The Balaban J connectivity index is 0.000000980. The van der Waals surface area contributed by atoms with Gasteiger partial charge in [0.25, 0.3) is 0 Å². The van der Waals surface area contributed by atoms with E-state index < -0.39 is 5.67 Å². The predicted octanol–water partition coefficient (Wildman–Crippen LogP) is 2.35. The van der Waals surface area contributed by atoms with Crippen LogP contribution in [0, 0.1) is 0 Å². The molecule has 0 aromatic heterocycles. The minimum atomic E-state index is -0.935. The molecule has 2 rings (SSSR count). The van der Waals surface area contributed by atoms with Crippen LogP contribution in [-0.2, 0) is 6.42 Å². The van der Waals surface area contributed by atoms with Crippen molar-refractivity contribution in [3.63, 3.8) is 0 Å². The summed E-state index contributed by atoms with van der Waals surface area (Å²) >= 11 is 0. The average molecular weight is 216 g/mol.